The number of aliphatic hydroxyl groups is 1. The molecule has 0 atom stereocenters. The third kappa shape index (κ3) is 2.87. The van der Waals surface area contributed by atoms with Crippen LogP contribution < -0.4 is 0 Å². The van der Waals surface area contributed by atoms with Crippen LogP contribution in [-0.2, 0) is 11.2 Å². The number of Topliss-reactive ketones (excluding diaryl/α,β-unsaturated/α-hetero) is 1. The van der Waals surface area contributed by atoms with Gasteiger partial charge in [0.2, 0.25) is 0 Å². The number of aromatic hydroxyl groups is 1. The smallest absolute Gasteiger partial charge is 0.162 e. The molecule has 17 heavy (non-hydrogen) atoms. The normalized spacial score (nSPS) is 16.4. The molecule has 0 heterocycles. The van der Waals surface area contributed by atoms with E-state index in [9.17, 15) is 15.0 Å². The standard InChI is InChI=1S/C14H16O3/c15-11-4-1-3-10(9-11)7-8-12-13(16)5-2-6-14(12)17/h1,3-4,9,15-16H,2,5-8H2. The molecule has 0 amide bonds. The predicted molar refractivity (Wildman–Crippen MR) is 64.9 cm³/mol. The van der Waals surface area contributed by atoms with Crippen molar-refractivity contribution >= 4 is 5.78 Å². The van der Waals surface area contributed by atoms with Gasteiger partial charge in [-0.05, 0) is 37.0 Å². The third-order valence-electron chi connectivity index (χ3n) is 3.08. The summed E-state index contributed by atoms with van der Waals surface area (Å²) in [6, 6.07) is 6.99. The Bertz CT molecular complexity index is 460. The fraction of sp³-hybridized carbons (Fsp3) is 0.357. The fourth-order valence-electron chi connectivity index (χ4n) is 2.14. The van der Waals surface area contributed by atoms with E-state index in [0.717, 1.165) is 12.0 Å². The Morgan fingerprint density at radius 3 is 2.65 bits per heavy atom. The molecule has 0 radical (unpaired) electrons. The van der Waals surface area contributed by atoms with Crippen molar-refractivity contribution in [2.45, 2.75) is 32.1 Å². The zero-order valence-electron chi connectivity index (χ0n) is 9.65. The van der Waals surface area contributed by atoms with Gasteiger partial charge < -0.3 is 10.2 Å². The van der Waals surface area contributed by atoms with Crippen molar-refractivity contribution in [1.82, 2.24) is 0 Å². The molecule has 1 aromatic carbocycles. The molecule has 0 aliphatic heterocycles. The van der Waals surface area contributed by atoms with Crippen LogP contribution in [0.1, 0.15) is 31.2 Å². The first kappa shape index (κ1) is 11.7. The Balaban J connectivity index is 2.05. The first-order valence-corrected chi connectivity index (χ1v) is 5.89. The highest BCUT2D eigenvalue weighted by Crippen LogP contribution is 2.24. The van der Waals surface area contributed by atoms with E-state index in [1.165, 1.54) is 0 Å². The van der Waals surface area contributed by atoms with E-state index in [2.05, 4.69) is 0 Å². The molecular formula is C14H16O3. The summed E-state index contributed by atoms with van der Waals surface area (Å²) in [5, 5.41) is 19.0. The Morgan fingerprint density at radius 2 is 1.94 bits per heavy atom. The number of carbonyl (C=O) groups excluding carboxylic acids is 1. The van der Waals surface area contributed by atoms with E-state index in [1.54, 1.807) is 18.2 Å². The van der Waals surface area contributed by atoms with Crippen molar-refractivity contribution in [3.8, 4) is 5.75 Å². The number of hydrogen-bond acceptors (Lipinski definition) is 3. The maximum atomic E-state index is 11.6. The van der Waals surface area contributed by atoms with Crippen molar-refractivity contribution in [2.75, 3.05) is 0 Å². The number of carbonyl (C=O) groups is 1. The first-order valence-electron chi connectivity index (χ1n) is 5.89. The summed E-state index contributed by atoms with van der Waals surface area (Å²) in [6.45, 7) is 0. The summed E-state index contributed by atoms with van der Waals surface area (Å²) in [7, 11) is 0. The van der Waals surface area contributed by atoms with Gasteiger partial charge in [-0.15, -0.1) is 0 Å². The van der Waals surface area contributed by atoms with Crippen LogP contribution in [0.25, 0.3) is 0 Å². The van der Waals surface area contributed by atoms with Crippen LogP contribution in [0.15, 0.2) is 35.6 Å². The second-order valence-corrected chi connectivity index (χ2v) is 4.37. The number of ketones is 1. The molecule has 3 heteroatoms. The number of allylic oxidation sites excluding steroid dienone is 2. The van der Waals surface area contributed by atoms with Crippen LogP contribution in [0, 0.1) is 0 Å². The Kier molecular flexibility index (Phi) is 3.47. The summed E-state index contributed by atoms with van der Waals surface area (Å²) >= 11 is 0. The van der Waals surface area contributed by atoms with Crippen molar-refractivity contribution in [3.05, 3.63) is 41.2 Å². The molecule has 2 N–H and O–H groups in total. The highest BCUT2D eigenvalue weighted by atomic mass is 16.3. The molecule has 1 aliphatic rings. The lowest BCUT2D eigenvalue weighted by atomic mass is 9.92. The van der Waals surface area contributed by atoms with Gasteiger partial charge in [-0.2, -0.15) is 0 Å². The average Bonchev–Trinajstić information content (AvgIpc) is 2.28. The lowest BCUT2D eigenvalue weighted by Crippen LogP contribution is -2.12. The molecule has 2 rings (SSSR count). The topological polar surface area (TPSA) is 57.5 Å². The SMILES string of the molecule is O=C1CCCC(O)=C1CCc1cccc(O)c1. The molecule has 0 bridgehead atoms. The van der Waals surface area contributed by atoms with E-state index < -0.39 is 0 Å². The minimum absolute atomic E-state index is 0.0638. The van der Waals surface area contributed by atoms with Crippen LogP contribution >= 0.6 is 0 Å². The second kappa shape index (κ2) is 5.04. The summed E-state index contributed by atoms with van der Waals surface area (Å²) in [6.07, 6.45) is 3.12. The molecule has 1 aliphatic carbocycles. The quantitative estimate of drug-likeness (QED) is 0.842. The van der Waals surface area contributed by atoms with Crippen molar-refractivity contribution in [1.29, 1.82) is 0 Å². The van der Waals surface area contributed by atoms with E-state index in [0.29, 0.717) is 31.3 Å². The fourth-order valence-corrected chi connectivity index (χ4v) is 2.14. The summed E-state index contributed by atoms with van der Waals surface area (Å²) in [4.78, 5) is 11.6. The number of aliphatic hydroxyl groups excluding tert-OH is 1. The molecule has 0 unspecified atom stereocenters. The van der Waals surface area contributed by atoms with Crippen LogP contribution in [-0.4, -0.2) is 16.0 Å². The van der Waals surface area contributed by atoms with Crippen LogP contribution in [0.3, 0.4) is 0 Å². The maximum Gasteiger partial charge on any atom is 0.162 e. The van der Waals surface area contributed by atoms with Gasteiger partial charge in [-0.25, -0.2) is 0 Å². The van der Waals surface area contributed by atoms with Gasteiger partial charge in [0.15, 0.2) is 5.78 Å². The van der Waals surface area contributed by atoms with E-state index in [1.807, 2.05) is 6.07 Å². The lowest BCUT2D eigenvalue weighted by molar-refractivity contribution is -0.116. The van der Waals surface area contributed by atoms with Crippen LogP contribution in [0.4, 0.5) is 0 Å². The van der Waals surface area contributed by atoms with Crippen molar-refractivity contribution < 1.29 is 15.0 Å². The number of hydrogen-bond donors (Lipinski definition) is 2. The zero-order chi connectivity index (χ0) is 12.3. The predicted octanol–water partition coefficient (Wildman–Crippen LogP) is 2.89. The molecule has 0 saturated heterocycles. The van der Waals surface area contributed by atoms with Crippen molar-refractivity contribution in [2.24, 2.45) is 0 Å². The minimum Gasteiger partial charge on any atom is -0.512 e. The van der Waals surface area contributed by atoms with E-state index >= 15 is 0 Å². The van der Waals surface area contributed by atoms with E-state index in [-0.39, 0.29) is 17.3 Å². The van der Waals surface area contributed by atoms with Crippen molar-refractivity contribution in [3.63, 3.8) is 0 Å². The number of phenolic OH excluding ortho intramolecular Hbond substituents is 1. The molecule has 0 aromatic heterocycles. The molecule has 1 aromatic rings. The Morgan fingerprint density at radius 1 is 1.12 bits per heavy atom. The van der Waals surface area contributed by atoms with Gasteiger partial charge in [0.1, 0.15) is 5.75 Å². The first-order chi connectivity index (χ1) is 8.16. The highest BCUT2D eigenvalue weighted by molar-refractivity contribution is 5.96. The Labute approximate surface area is 100 Å². The van der Waals surface area contributed by atoms with Gasteiger partial charge in [0.05, 0.1) is 5.76 Å². The molecular weight excluding hydrogens is 216 g/mol. The minimum atomic E-state index is 0.0638. The molecule has 0 saturated carbocycles. The summed E-state index contributed by atoms with van der Waals surface area (Å²) in [5.41, 5.74) is 1.54. The van der Waals surface area contributed by atoms with Gasteiger partial charge in [0, 0.05) is 18.4 Å². The van der Waals surface area contributed by atoms with Crippen LogP contribution in [0.5, 0.6) is 5.75 Å². The molecule has 90 valence electrons. The number of rotatable bonds is 3. The summed E-state index contributed by atoms with van der Waals surface area (Å²) < 4.78 is 0. The molecule has 0 spiro atoms. The largest absolute Gasteiger partial charge is 0.512 e. The molecule has 3 nitrogen and oxygen atoms in total. The zero-order valence-corrected chi connectivity index (χ0v) is 9.65. The lowest BCUT2D eigenvalue weighted by Gasteiger charge is -2.14. The Hall–Kier alpha value is -1.77. The monoisotopic (exact) mass is 232 g/mol. The third-order valence-corrected chi connectivity index (χ3v) is 3.08. The molecule has 0 fully saturated rings. The van der Waals surface area contributed by atoms with Gasteiger partial charge in [0.25, 0.3) is 0 Å². The number of benzene rings is 1. The van der Waals surface area contributed by atoms with Gasteiger partial charge >= 0.3 is 0 Å². The maximum absolute atomic E-state index is 11.6. The average molecular weight is 232 g/mol. The number of phenols is 1. The second-order valence-electron chi connectivity index (χ2n) is 4.37. The van der Waals surface area contributed by atoms with Gasteiger partial charge in [-0.1, -0.05) is 12.1 Å². The number of aryl methyl sites for hydroxylation is 1. The van der Waals surface area contributed by atoms with E-state index in [4.69, 9.17) is 0 Å². The van der Waals surface area contributed by atoms with Crippen LogP contribution in [0.2, 0.25) is 0 Å². The van der Waals surface area contributed by atoms with Gasteiger partial charge in [-0.3, -0.25) is 4.79 Å². The highest BCUT2D eigenvalue weighted by Gasteiger charge is 2.19. The summed E-state index contributed by atoms with van der Waals surface area (Å²) in [5.74, 6) is 0.547.